The Hall–Kier alpha value is -0.600. The summed E-state index contributed by atoms with van der Waals surface area (Å²) in [5.41, 5.74) is 1.42. The molecule has 0 aliphatic heterocycles. The molecule has 1 unspecified atom stereocenters. The van der Waals surface area contributed by atoms with Crippen LogP contribution >= 0.6 is 11.3 Å². The number of nitrogens with one attached hydrogen (secondary N) is 1. The van der Waals surface area contributed by atoms with Crippen LogP contribution in [0.5, 0.6) is 0 Å². The van der Waals surface area contributed by atoms with Gasteiger partial charge in [0, 0.05) is 22.3 Å². The van der Waals surface area contributed by atoms with Gasteiger partial charge in [-0.1, -0.05) is 6.08 Å². The van der Waals surface area contributed by atoms with Gasteiger partial charge in [0.15, 0.2) is 0 Å². The van der Waals surface area contributed by atoms with Crippen LogP contribution in [0, 0.1) is 13.8 Å². The Labute approximate surface area is 84.5 Å². The van der Waals surface area contributed by atoms with Gasteiger partial charge in [-0.15, -0.1) is 17.9 Å². The molecule has 1 aromatic heterocycles. The molecular weight excluding hydrogens is 178 g/mol. The SMILES string of the molecule is C=CCNC(C)c1cc(C)sc1C. The van der Waals surface area contributed by atoms with Gasteiger partial charge in [-0.25, -0.2) is 0 Å². The summed E-state index contributed by atoms with van der Waals surface area (Å²) in [7, 11) is 0. The van der Waals surface area contributed by atoms with Gasteiger partial charge in [0.05, 0.1) is 0 Å². The van der Waals surface area contributed by atoms with Crippen molar-refractivity contribution in [1.82, 2.24) is 5.32 Å². The van der Waals surface area contributed by atoms with Crippen molar-refractivity contribution < 1.29 is 0 Å². The lowest BCUT2D eigenvalue weighted by molar-refractivity contribution is 0.617. The number of aryl methyl sites for hydroxylation is 2. The molecule has 13 heavy (non-hydrogen) atoms. The summed E-state index contributed by atoms with van der Waals surface area (Å²) in [6.07, 6.45) is 1.89. The Kier molecular flexibility index (Phi) is 3.70. The molecule has 0 radical (unpaired) electrons. The number of thiophene rings is 1. The van der Waals surface area contributed by atoms with E-state index in [1.54, 1.807) is 0 Å². The molecule has 72 valence electrons. The van der Waals surface area contributed by atoms with Gasteiger partial charge in [0.1, 0.15) is 0 Å². The first kappa shape index (κ1) is 10.5. The van der Waals surface area contributed by atoms with E-state index < -0.39 is 0 Å². The largest absolute Gasteiger partial charge is 0.307 e. The van der Waals surface area contributed by atoms with Crippen molar-refractivity contribution in [2.75, 3.05) is 6.54 Å². The highest BCUT2D eigenvalue weighted by Crippen LogP contribution is 2.25. The molecule has 0 aliphatic carbocycles. The normalized spacial score (nSPS) is 12.8. The van der Waals surface area contributed by atoms with Crippen molar-refractivity contribution in [2.24, 2.45) is 0 Å². The van der Waals surface area contributed by atoms with Crippen molar-refractivity contribution in [3.05, 3.63) is 34.0 Å². The third-order valence-corrected chi connectivity index (χ3v) is 3.10. The molecule has 1 rings (SSSR count). The molecule has 0 saturated heterocycles. The van der Waals surface area contributed by atoms with E-state index in [0.29, 0.717) is 6.04 Å². The molecule has 1 nitrogen and oxygen atoms in total. The fourth-order valence-electron chi connectivity index (χ4n) is 1.45. The Morgan fingerprint density at radius 1 is 1.62 bits per heavy atom. The highest BCUT2D eigenvalue weighted by molar-refractivity contribution is 7.12. The summed E-state index contributed by atoms with van der Waals surface area (Å²) in [5, 5.41) is 3.39. The van der Waals surface area contributed by atoms with Crippen LogP contribution in [0.1, 0.15) is 28.3 Å². The highest BCUT2D eigenvalue weighted by atomic mass is 32.1. The predicted molar refractivity (Wildman–Crippen MR) is 60.4 cm³/mol. The van der Waals surface area contributed by atoms with Crippen molar-refractivity contribution in [3.63, 3.8) is 0 Å². The standard InChI is InChI=1S/C11H17NS/c1-5-6-12-9(3)11-7-8(2)13-10(11)4/h5,7,9,12H,1,6H2,2-4H3. The van der Waals surface area contributed by atoms with Gasteiger partial charge in [-0.05, 0) is 32.4 Å². The molecular formula is C11H17NS. The quantitative estimate of drug-likeness (QED) is 0.727. The first-order valence-corrected chi connectivity index (χ1v) is 5.38. The van der Waals surface area contributed by atoms with Crippen LogP contribution in [-0.4, -0.2) is 6.54 Å². The highest BCUT2D eigenvalue weighted by Gasteiger charge is 2.09. The van der Waals surface area contributed by atoms with Gasteiger partial charge < -0.3 is 5.32 Å². The molecule has 0 bridgehead atoms. The maximum Gasteiger partial charge on any atom is 0.0305 e. The zero-order chi connectivity index (χ0) is 9.84. The second-order valence-electron chi connectivity index (χ2n) is 3.29. The number of hydrogen-bond donors (Lipinski definition) is 1. The van der Waals surface area contributed by atoms with Crippen LogP contribution < -0.4 is 5.32 Å². The fraction of sp³-hybridized carbons (Fsp3) is 0.455. The predicted octanol–water partition coefficient (Wildman–Crippen LogP) is 3.20. The van der Waals surface area contributed by atoms with Crippen LogP contribution in [0.15, 0.2) is 18.7 Å². The van der Waals surface area contributed by atoms with Gasteiger partial charge in [0.2, 0.25) is 0 Å². The second kappa shape index (κ2) is 4.58. The Bertz CT molecular complexity index is 288. The van der Waals surface area contributed by atoms with E-state index in [4.69, 9.17) is 0 Å². The van der Waals surface area contributed by atoms with Crippen molar-refractivity contribution in [2.45, 2.75) is 26.8 Å². The summed E-state index contributed by atoms with van der Waals surface area (Å²) in [6.45, 7) is 11.1. The summed E-state index contributed by atoms with van der Waals surface area (Å²) in [6, 6.07) is 2.70. The van der Waals surface area contributed by atoms with Crippen molar-refractivity contribution in [1.29, 1.82) is 0 Å². The van der Waals surface area contributed by atoms with Gasteiger partial charge in [-0.2, -0.15) is 0 Å². The molecule has 0 amide bonds. The van der Waals surface area contributed by atoms with Crippen LogP contribution in [0.4, 0.5) is 0 Å². The third-order valence-electron chi connectivity index (χ3n) is 2.11. The van der Waals surface area contributed by atoms with E-state index >= 15 is 0 Å². The molecule has 0 aromatic carbocycles. The second-order valence-corrected chi connectivity index (χ2v) is 4.75. The fourth-order valence-corrected chi connectivity index (χ4v) is 2.47. The molecule has 1 aromatic rings. The van der Waals surface area contributed by atoms with E-state index in [1.165, 1.54) is 15.3 Å². The van der Waals surface area contributed by atoms with Crippen molar-refractivity contribution in [3.8, 4) is 0 Å². The minimum Gasteiger partial charge on any atom is -0.307 e. The zero-order valence-corrected chi connectivity index (χ0v) is 9.37. The van der Waals surface area contributed by atoms with E-state index in [9.17, 15) is 0 Å². The molecule has 0 aliphatic rings. The van der Waals surface area contributed by atoms with Crippen LogP contribution in [0.3, 0.4) is 0 Å². The topological polar surface area (TPSA) is 12.0 Å². The average molecular weight is 195 g/mol. The summed E-state index contributed by atoms with van der Waals surface area (Å²) < 4.78 is 0. The van der Waals surface area contributed by atoms with Crippen molar-refractivity contribution >= 4 is 11.3 Å². The van der Waals surface area contributed by atoms with Crippen LogP contribution in [-0.2, 0) is 0 Å². The molecule has 1 atom stereocenters. The van der Waals surface area contributed by atoms with Crippen LogP contribution in [0.2, 0.25) is 0 Å². The molecule has 2 heteroatoms. The summed E-state index contributed by atoms with van der Waals surface area (Å²) >= 11 is 1.87. The molecule has 1 heterocycles. The lowest BCUT2D eigenvalue weighted by Crippen LogP contribution is -2.18. The van der Waals surface area contributed by atoms with E-state index in [-0.39, 0.29) is 0 Å². The minimum absolute atomic E-state index is 0.433. The number of rotatable bonds is 4. The van der Waals surface area contributed by atoms with E-state index in [0.717, 1.165) is 6.54 Å². The molecule has 0 saturated carbocycles. The molecule has 1 N–H and O–H groups in total. The Morgan fingerprint density at radius 2 is 2.31 bits per heavy atom. The maximum atomic E-state index is 3.69. The summed E-state index contributed by atoms with van der Waals surface area (Å²) in [5.74, 6) is 0. The monoisotopic (exact) mass is 195 g/mol. The first-order chi connectivity index (χ1) is 6.15. The zero-order valence-electron chi connectivity index (χ0n) is 8.55. The summed E-state index contributed by atoms with van der Waals surface area (Å²) in [4.78, 5) is 2.81. The van der Waals surface area contributed by atoms with E-state index in [1.807, 2.05) is 17.4 Å². The first-order valence-electron chi connectivity index (χ1n) is 4.56. The minimum atomic E-state index is 0.433. The molecule has 0 fully saturated rings. The third kappa shape index (κ3) is 2.68. The lowest BCUT2D eigenvalue weighted by atomic mass is 10.1. The van der Waals surface area contributed by atoms with Gasteiger partial charge >= 0.3 is 0 Å². The average Bonchev–Trinajstić information content (AvgIpc) is 2.41. The molecule has 0 spiro atoms. The maximum absolute atomic E-state index is 3.69. The number of hydrogen-bond acceptors (Lipinski definition) is 2. The van der Waals surface area contributed by atoms with Crippen LogP contribution in [0.25, 0.3) is 0 Å². The Balaban J connectivity index is 2.69. The van der Waals surface area contributed by atoms with Gasteiger partial charge in [0.25, 0.3) is 0 Å². The van der Waals surface area contributed by atoms with E-state index in [2.05, 4.69) is 38.7 Å². The smallest absolute Gasteiger partial charge is 0.0305 e. The van der Waals surface area contributed by atoms with Gasteiger partial charge in [-0.3, -0.25) is 0 Å². The Morgan fingerprint density at radius 3 is 2.77 bits per heavy atom. The lowest BCUT2D eigenvalue weighted by Gasteiger charge is -2.11.